The van der Waals surface area contributed by atoms with Crippen LogP contribution in [0.3, 0.4) is 0 Å². The number of aromatic carboxylic acids is 1. The minimum atomic E-state index is -0.909. The minimum Gasteiger partial charge on any atom is -0.478 e. The van der Waals surface area contributed by atoms with E-state index in [4.69, 9.17) is 0 Å². The fraction of sp³-hybridized carbons (Fsp3) is 0.400. The molecule has 0 amide bonds. The molecule has 3 rings (SSSR count). The van der Waals surface area contributed by atoms with E-state index >= 15 is 0 Å². The molecule has 126 valence electrons. The summed E-state index contributed by atoms with van der Waals surface area (Å²) in [6.07, 6.45) is 5.21. The molecule has 1 aromatic heterocycles. The number of pyridine rings is 1. The van der Waals surface area contributed by atoms with Gasteiger partial charge in [0.05, 0.1) is 11.3 Å². The number of likely N-dealkylation sites (N-methyl/N-ethyl adjacent to an activating group) is 1. The molecule has 2 unspecified atom stereocenters. The van der Waals surface area contributed by atoms with Gasteiger partial charge in [0, 0.05) is 18.8 Å². The maximum atomic E-state index is 11.4. The fourth-order valence-electron chi connectivity index (χ4n) is 3.78. The lowest BCUT2D eigenvalue weighted by Crippen LogP contribution is -2.34. The Balaban J connectivity index is 1.78. The van der Waals surface area contributed by atoms with E-state index in [9.17, 15) is 9.90 Å². The standard InChI is InChI=1S/C20H24N2O2/c1-14-8-10-15(11-9-14)16-5-3-7-19(16)22(2)13-18-17(20(23)24)6-4-12-21-18/h4,6,8-12,16,19H,3,5,7,13H2,1-2H3,(H,23,24). The molecule has 0 radical (unpaired) electrons. The molecule has 2 aromatic rings. The average molecular weight is 324 g/mol. The van der Waals surface area contributed by atoms with E-state index < -0.39 is 5.97 Å². The fourth-order valence-corrected chi connectivity index (χ4v) is 3.78. The molecule has 1 N–H and O–H groups in total. The molecular formula is C20H24N2O2. The molecule has 4 heteroatoms. The van der Waals surface area contributed by atoms with Gasteiger partial charge in [-0.2, -0.15) is 0 Å². The number of carbonyl (C=O) groups is 1. The molecule has 0 aliphatic heterocycles. The maximum Gasteiger partial charge on any atom is 0.337 e. The van der Waals surface area contributed by atoms with Crippen LogP contribution in [0.2, 0.25) is 0 Å². The SMILES string of the molecule is Cc1ccc(C2CCCC2N(C)Cc2ncccc2C(=O)O)cc1. The Hall–Kier alpha value is -2.20. The Kier molecular flexibility index (Phi) is 4.95. The first-order valence-corrected chi connectivity index (χ1v) is 8.50. The second kappa shape index (κ2) is 7.14. The monoisotopic (exact) mass is 324 g/mol. The zero-order chi connectivity index (χ0) is 17.1. The predicted octanol–water partition coefficient (Wildman–Crippen LogP) is 3.86. The third-order valence-corrected chi connectivity index (χ3v) is 5.07. The molecule has 0 bridgehead atoms. The molecule has 24 heavy (non-hydrogen) atoms. The van der Waals surface area contributed by atoms with E-state index in [2.05, 4.69) is 48.1 Å². The number of hydrogen-bond acceptors (Lipinski definition) is 3. The summed E-state index contributed by atoms with van der Waals surface area (Å²) in [6, 6.07) is 12.5. The molecule has 1 aromatic carbocycles. The van der Waals surface area contributed by atoms with Crippen molar-refractivity contribution in [2.75, 3.05) is 7.05 Å². The second-order valence-electron chi connectivity index (χ2n) is 6.73. The highest BCUT2D eigenvalue weighted by Crippen LogP contribution is 2.38. The van der Waals surface area contributed by atoms with Gasteiger partial charge in [-0.15, -0.1) is 0 Å². The first-order valence-electron chi connectivity index (χ1n) is 8.50. The van der Waals surface area contributed by atoms with Gasteiger partial charge in [0.1, 0.15) is 0 Å². The van der Waals surface area contributed by atoms with Crippen LogP contribution in [0.25, 0.3) is 0 Å². The van der Waals surface area contributed by atoms with Crippen LogP contribution in [0.15, 0.2) is 42.6 Å². The number of carboxylic acids is 1. The summed E-state index contributed by atoms with van der Waals surface area (Å²) in [5, 5.41) is 9.34. The van der Waals surface area contributed by atoms with Crippen molar-refractivity contribution in [3.63, 3.8) is 0 Å². The summed E-state index contributed by atoms with van der Waals surface area (Å²) in [5.41, 5.74) is 3.60. The van der Waals surface area contributed by atoms with Crippen LogP contribution in [0.1, 0.15) is 52.4 Å². The van der Waals surface area contributed by atoms with Gasteiger partial charge in [-0.3, -0.25) is 9.88 Å². The van der Waals surface area contributed by atoms with Crippen LogP contribution in [0.5, 0.6) is 0 Å². The Bertz CT molecular complexity index is 712. The number of hydrogen-bond donors (Lipinski definition) is 1. The zero-order valence-electron chi connectivity index (χ0n) is 14.3. The highest BCUT2D eigenvalue weighted by atomic mass is 16.4. The molecule has 1 aliphatic rings. The van der Waals surface area contributed by atoms with Gasteiger partial charge in [-0.1, -0.05) is 36.2 Å². The lowest BCUT2D eigenvalue weighted by molar-refractivity contribution is 0.0693. The van der Waals surface area contributed by atoms with Crippen LogP contribution in [-0.4, -0.2) is 34.0 Å². The van der Waals surface area contributed by atoms with Gasteiger partial charge in [-0.05, 0) is 50.4 Å². The molecule has 0 saturated heterocycles. The van der Waals surface area contributed by atoms with Crippen LogP contribution >= 0.6 is 0 Å². The van der Waals surface area contributed by atoms with Gasteiger partial charge in [0.2, 0.25) is 0 Å². The van der Waals surface area contributed by atoms with Crippen molar-refractivity contribution < 1.29 is 9.90 Å². The van der Waals surface area contributed by atoms with Gasteiger partial charge in [-0.25, -0.2) is 4.79 Å². The molecule has 4 nitrogen and oxygen atoms in total. The number of benzene rings is 1. The summed E-state index contributed by atoms with van der Waals surface area (Å²) in [7, 11) is 2.08. The highest BCUT2D eigenvalue weighted by molar-refractivity contribution is 5.88. The summed E-state index contributed by atoms with van der Waals surface area (Å²) >= 11 is 0. The predicted molar refractivity (Wildman–Crippen MR) is 94.2 cm³/mol. The van der Waals surface area contributed by atoms with Crippen LogP contribution < -0.4 is 0 Å². The molecular weight excluding hydrogens is 300 g/mol. The molecule has 1 aliphatic carbocycles. The molecule has 2 atom stereocenters. The second-order valence-corrected chi connectivity index (χ2v) is 6.73. The Morgan fingerprint density at radius 2 is 2.00 bits per heavy atom. The third kappa shape index (κ3) is 3.49. The first kappa shape index (κ1) is 16.7. The van der Waals surface area contributed by atoms with Crippen LogP contribution in [0.4, 0.5) is 0 Å². The van der Waals surface area contributed by atoms with Crippen molar-refractivity contribution in [3.8, 4) is 0 Å². The summed E-state index contributed by atoms with van der Waals surface area (Å²) in [6.45, 7) is 2.67. The topological polar surface area (TPSA) is 53.4 Å². The van der Waals surface area contributed by atoms with Crippen molar-refractivity contribution in [2.45, 2.75) is 44.7 Å². The number of carboxylic acid groups (broad SMARTS) is 1. The van der Waals surface area contributed by atoms with Crippen molar-refractivity contribution >= 4 is 5.97 Å². The quantitative estimate of drug-likeness (QED) is 0.907. The minimum absolute atomic E-state index is 0.300. The van der Waals surface area contributed by atoms with E-state index in [1.165, 1.54) is 24.0 Å². The van der Waals surface area contributed by atoms with Crippen LogP contribution in [0, 0.1) is 6.92 Å². The van der Waals surface area contributed by atoms with Crippen molar-refractivity contribution in [1.29, 1.82) is 0 Å². The highest BCUT2D eigenvalue weighted by Gasteiger charge is 2.32. The molecule has 1 saturated carbocycles. The molecule has 1 heterocycles. The number of aryl methyl sites for hydroxylation is 1. The first-order chi connectivity index (χ1) is 11.6. The number of aromatic nitrogens is 1. The normalized spacial score (nSPS) is 20.5. The molecule has 0 spiro atoms. The van der Waals surface area contributed by atoms with Crippen molar-refractivity contribution in [2.24, 2.45) is 0 Å². The Morgan fingerprint density at radius 3 is 2.71 bits per heavy atom. The van der Waals surface area contributed by atoms with Crippen molar-refractivity contribution in [1.82, 2.24) is 9.88 Å². The lowest BCUT2D eigenvalue weighted by Gasteiger charge is -2.30. The maximum absolute atomic E-state index is 11.4. The van der Waals surface area contributed by atoms with Gasteiger partial charge in [0.25, 0.3) is 0 Å². The number of rotatable bonds is 5. The zero-order valence-corrected chi connectivity index (χ0v) is 14.3. The summed E-state index contributed by atoms with van der Waals surface area (Å²) < 4.78 is 0. The van der Waals surface area contributed by atoms with Gasteiger partial charge < -0.3 is 5.11 Å². The van der Waals surface area contributed by atoms with Crippen LogP contribution in [-0.2, 0) is 6.54 Å². The third-order valence-electron chi connectivity index (χ3n) is 5.07. The Labute approximate surface area is 143 Å². The van der Waals surface area contributed by atoms with Gasteiger partial charge >= 0.3 is 5.97 Å². The lowest BCUT2D eigenvalue weighted by atomic mass is 9.92. The summed E-state index contributed by atoms with van der Waals surface area (Å²) in [5.74, 6) is -0.402. The Morgan fingerprint density at radius 1 is 1.25 bits per heavy atom. The average Bonchev–Trinajstić information content (AvgIpc) is 3.05. The van der Waals surface area contributed by atoms with E-state index in [1.807, 2.05) is 0 Å². The largest absolute Gasteiger partial charge is 0.478 e. The van der Waals surface area contributed by atoms with E-state index in [0.29, 0.717) is 29.8 Å². The van der Waals surface area contributed by atoms with Crippen molar-refractivity contribution in [3.05, 3.63) is 65.0 Å². The van der Waals surface area contributed by atoms with E-state index in [1.54, 1.807) is 18.3 Å². The van der Waals surface area contributed by atoms with E-state index in [0.717, 1.165) is 6.42 Å². The molecule has 1 fully saturated rings. The van der Waals surface area contributed by atoms with E-state index in [-0.39, 0.29) is 0 Å². The smallest absolute Gasteiger partial charge is 0.337 e. The summed E-state index contributed by atoms with van der Waals surface area (Å²) in [4.78, 5) is 18.0. The van der Waals surface area contributed by atoms with Gasteiger partial charge in [0.15, 0.2) is 0 Å². The number of nitrogens with zero attached hydrogens (tertiary/aromatic N) is 2.